The molecule has 1 aromatic carbocycles. The zero-order valence-electron chi connectivity index (χ0n) is 7.58. The molecule has 2 heteroatoms. The number of nitrogens with zero attached hydrogens (tertiary/aromatic N) is 1. The van der Waals surface area contributed by atoms with Crippen LogP contribution in [0.5, 0.6) is 5.75 Å². The molecular weight excluding hydrogens is 162 g/mol. The molecule has 0 aromatic heterocycles. The van der Waals surface area contributed by atoms with Crippen LogP contribution in [-0.4, -0.2) is 6.61 Å². The third-order valence-electron chi connectivity index (χ3n) is 1.68. The van der Waals surface area contributed by atoms with Crippen LogP contribution in [0, 0.1) is 18.3 Å². The predicted octanol–water partition coefficient (Wildman–Crippen LogP) is 2.54. The summed E-state index contributed by atoms with van der Waals surface area (Å²) in [5, 5.41) is 8.34. The molecule has 66 valence electrons. The van der Waals surface area contributed by atoms with Gasteiger partial charge in [-0.15, -0.1) is 0 Å². The van der Waals surface area contributed by atoms with Crippen molar-refractivity contribution in [3.63, 3.8) is 0 Å². The van der Waals surface area contributed by atoms with Gasteiger partial charge < -0.3 is 4.74 Å². The summed E-state index contributed by atoms with van der Waals surface area (Å²) < 4.78 is 5.20. The molecule has 0 aliphatic rings. The highest BCUT2D eigenvalue weighted by molar-refractivity contribution is 5.56. The van der Waals surface area contributed by atoms with Gasteiger partial charge in [-0.2, -0.15) is 5.26 Å². The van der Waals surface area contributed by atoms with Crippen LogP contribution in [0.3, 0.4) is 0 Å². The van der Waals surface area contributed by atoms with Gasteiger partial charge in [0.25, 0.3) is 0 Å². The van der Waals surface area contributed by atoms with E-state index in [4.69, 9.17) is 10.00 Å². The normalized spacial score (nSPS) is 8.92. The van der Waals surface area contributed by atoms with Crippen molar-refractivity contribution < 1.29 is 4.74 Å². The molecule has 0 saturated carbocycles. The van der Waals surface area contributed by atoms with E-state index in [-0.39, 0.29) is 6.61 Å². The number of aryl methyl sites for hydroxylation is 1. The molecule has 0 unspecified atom stereocenters. The van der Waals surface area contributed by atoms with Crippen LogP contribution < -0.4 is 4.74 Å². The zero-order chi connectivity index (χ0) is 9.68. The number of hydrogen-bond acceptors (Lipinski definition) is 2. The van der Waals surface area contributed by atoms with Gasteiger partial charge in [-0.3, -0.25) is 0 Å². The summed E-state index contributed by atoms with van der Waals surface area (Å²) >= 11 is 0. The Morgan fingerprint density at radius 1 is 1.62 bits per heavy atom. The molecule has 0 N–H and O–H groups in total. The van der Waals surface area contributed by atoms with Crippen molar-refractivity contribution in [2.24, 2.45) is 0 Å². The molecule has 13 heavy (non-hydrogen) atoms. The van der Waals surface area contributed by atoms with Gasteiger partial charge in [0.05, 0.1) is 0 Å². The van der Waals surface area contributed by atoms with Crippen LogP contribution in [0.1, 0.15) is 11.1 Å². The van der Waals surface area contributed by atoms with Crippen molar-refractivity contribution in [2.75, 3.05) is 6.61 Å². The van der Waals surface area contributed by atoms with Crippen molar-refractivity contribution in [3.8, 4) is 11.8 Å². The topological polar surface area (TPSA) is 33.0 Å². The summed E-state index contributed by atoms with van der Waals surface area (Å²) in [6, 6.07) is 7.69. The van der Waals surface area contributed by atoms with Gasteiger partial charge in [-0.05, 0) is 19.1 Å². The fourth-order valence-electron chi connectivity index (χ4n) is 1.07. The average molecular weight is 173 g/mol. The largest absolute Gasteiger partial charge is 0.478 e. The maximum absolute atomic E-state index is 8.34. The molecule has 1 aromatic rings. The second-order valence-electron chi connectivity index (χ2n) is 2.69. The minimum Gasteiger partial charge on any atom is -0.478 e. The maximum atomic E-state index is 8.34. The van der Waals surface area contributed by atoms with E-state index in [9.17, 15) is 0 Å². The average Bonchev–Trinajstić information content (AvgIpc) is 2.16. The van der Waals surface area contributed by atoms with Crippen LogP contribution in [0.15, 0.2) is 24.8 Å². The van der Waals surface area contributed by atoms with Crippen LogP contribution >= 0.6 is 0 Å². The fraction of sp³-hybridized carbons (Fsp3) is 0.182. The Bertz CT molecular complexity index is 350. The Morgan fingerprint density at radius 3 is 3.00 bits per heavy atom. The Hall–Kier alpha value is -1.75. The summed E-state index contributed by atoms with van der Waals surface area (Å²) in [4.78, 5) is 0. The molecule has 0 atom stereocenters. The van der Waals surface area contributed by atoms with Crippen LogP contribution in [0.25, 0.3) is 6.08 Å². The van der Waals surface area contributed by atoms with Gasteiger partial charge in [0, 0.05) is 5.56 Å². The Labute approximate surface area is 78.1 Å². The first-order chi connectivity index (χ1) is 6.27. The molecule has 0 bridgehead atoms. The van der Waals surface area contributed by atoms with E-state index in [0.29, 0.717) is 5.75 Å². The third-order valence-corrected chi connectivity index (χ3v) is 1.68. The van der Waals surface area contributed by atoms with Gasteiger partial charge >= 0.3 is 0 Å². The quantitative estimate of drug-likeness (QED) is 0.703. The predicted molar refractivity (Wildman–Crippen MR) is 52.4 cm³/mol. The smallest absolute Gasteiger partial charge is 0.174 e. The van der Waals surface area contributed by atoms with E-state index in [1.165, 1.54) is 0 Å². The molecule has 0 fully saturated rings. The standard InChI is InChI=1S/C11H11NO/c1-3-10-8-9(2)4-5-11(10)13-7-6-12/h3-5,8H,1,7H2,2H3. The molecule has 0 spiro atoms. The SMILES string of the molecule is C=Cc1cc(C)ccc1OCC#N. The first kappa shape index (κ1) is 9.34. The van der Waals surface area contributed by atoms with Crippen molar-refractivity contribution in [3.05, 3.63) is 35.9 Å². The summed E-state index contributed by atoms with van der Waals surface area (Å²) in [6.07, 6.45) is 1.72. The maximum Gasteiger partial charge on any atom is 0.174 e. The second kappa shape index (κ2) is 4.32. The van der Waals surface area contributed by atoms with Crippen molar-refractivity contribution in [1.29, 1.82) is 5.26 Å². The van der Waals surface area contributed by atoms with E-state index < -0.39 is 0 Å². The molecule has 0 heterocycles. The monoisotopic (exact) mass is 173 g/mol. The van der Waals surface area contributed by atoms with Crippen molar-refractivity contribution >= 4 is 6.08 Å². The molecule has 0 aliphatic carbocycles. The summed E-state index contributed by atoms with van der Waals surface area (Å²) in [6.45, 7) is 5.75. The highest BCUT2D eigenvalue weighted by Gasteiger charge is 1.99. The number of hydrogen-bond donors (Lipinski definition) is 0. The Balaban J connectivity index is 2.93. The first-order valence-electron chi connectivity index (χ1n) is 4.00. The van der Waals surface area contributed by atoms with E-state index in [1.54, 1.807) is 6.08 Å². The zero-order valence-corrected chi connectivity index (χ0v) is 7.58. The summed E-state index contributed by atoms with van der Waals surface area (Å²) in [7, 11) is 0. The molecule has 0 radical (unpaired) electrons. The van der Waals surface area contributed by atoms with Gasteiger partial charge in [-0.25, -0.2) is 0 Å². The molecule has 1 rings (SSSR count). The highest BCUT2D eigenvalue weighted by Crippen LogP contribution is 2.20. The number of ether oxygens (including phenoxy) is 1. The van der Waals surface area contributed by atoms with Crippen LogP contribution in [0.4, 0.5) is 0 Å². The molecule has 2 nitrogen and oxygen atoms in total. The lowest BCUT2D eigenvalue weighted by Gasteiger charge is -2.06. The summed E-state index contributed by atoms with van der Waals surface area (Å²) in [5.41, 5.74) is 2.08. The number of nitriles is 1. The lowest BCUT2D eigenvalue weighted by molar-refractivity contribution is 0.367. The summed E-state index contributed by atoms with van der Waals surface area (Å²) in [5.74, 6) is 0.710. The molecule has 0 aliphatic heterocycles. The third kappa shape index (κ3) is 2.34. The van der Waals surface area contributed by atoms with Gasteiger partial charge in [0.15, 0.2) is 6.61 Å². The molecular formula is C11H11NO. The Kier molecular flexibility index (Phi) is 3.10. The van der Waals surface area contributed by atoms with E-state index >= 15 is 0 Å². The molecule has 0 saturated heterocycles. The lowest BCUT2D eigenvalue weighted by Crippen LogP contribution is -1.95. The Morgan fingerprint density at radius 2 is 2.38 bits per heavy atom. The minimum absolute atomic E-state index is 0.0733. The van der Waals surface area contributed by atoms with Crippen molar-refractivity contribution in [1.82, 2.24) is 0 Å². The van der Waals surface area contributed by atoms with E-state index in [2.05, 4.69) is 6.58 Å². The van der Waals surface area contributed by atoms with E-state index in [0.717, 1.165) is 11.1 Å². The second-order valence-corrected chi connectivity index (χ2v) is 2.69. The number of rotatable bonds is 3. The minimum atomic E-state index is 0.0733. The fourth-order valence-corrected chi connectivity index (χ4v) is 1.07. The highest BCUT2D eigenvalue weighted by atomic mass is 16.5. The van der Waals surface area contributed by atoms with Gasteiger partial charge in [0.2, 0.25) is 0 Å². The number of benzene rings is 1. The van der Waals surface area contributed by atoms with E-state index in [1.807, 2.05) is 31.2 Å². The van der Waals surface area contributed by atoms with Crippen LogP contribution in [-0.2, 0) is 0 Å². The first-order valence-corrected chi connectivity index (χ1v) is 4.00. The van der Waals surface area contributed by atoms with Gasteiger partial charge in [0.1, 0.15) is 11.8 Å². The van der Waals surface area contributed by atoms with Crippen LogP contribution in [0.2, 0.25) is 0 Å². The van der Waals surface area contributed by atoms with Crippen molar-refractivity contribution in [2.45, 2.75) is 6.92 Å². The lowest BCUT2D eigenvalue weighted by atomic mass is 10.1. The van der Waals surface area contributed by atoms with Gasteiger partial charge in [-0.1, -0.05) is 24.3 Å². The molecule has 0 amide bonds.